The van der Waals surface area contributed by atoms with Gasteiger partial charge >= 0.3 is 0 Å². The Morgan fingerprint density at radius 1 is 1.21 bits per heavy atom. The highest BCUT2D eigenvalue weighted by molar-refractivity contribution is 7.20. The molecule has 24 heavy (non-hydrogen) atoms. The van der Waals surface area contributed by atoms with E-state index in [9.17, 15) is 4.39 Å². The van der Waals surface area contributed by atoms with Crippen molar-refractivity contribution in [1.82, 2.24) is 19.2 Å². The molecule has 0 aliphatic carbocycles. The van der Waals surface area contributed by atoms with Gasteiger partial charge in [-0.15, -0.1) is 0 Å². The van der Waals surface area contributed by atoms with Gasteiger partial charge in [-0.3, -0.25) is 0 Å². The topological polar surface area (TPSA) is 48.3 Å². The number of hydrogen-bond acceptors (Lipinski definition) is 4. The van der Waals surface area contributed by atoms with Crippen LogP contribution in [0.4, 0.5) is 4.39 Å². The van der Waals surface area contributed by atoms with Crippen LogP contribution >= 0.6 is 11.3 Å². The van der Waals surface area contributed by atoms with Crippen LogP contribution in [0.25, 0.3) is 37.9 Å². The molecule has 0 unspecified atom stereocenters. The van der Waals surface area contributed by atoms with Crippen LogP contribution in [-0.4, -0.2) is 19.2 Å². The first-order valence-corrected chi connectivity index (χ1v) is 8.16. The third-order valence-electron chi connectivity index (χ3n) is 4.00. The number of aryl methyl sites for hydroxylation is 1. The largest absolute Gasteiger partial charge is 0.463 e. The van der Waals surface area contributed by atoms with Gasteiger partial charge in [-0.2, -0.15) is 5.10 Å². The van der Waals surface area contributed by atoms with E-state index in [1.165, 1.54) is 17.4 Å². The van der Waals surface area contributed by atoms with Crippen molar-refractivity contribution in [2.75, 3.05) is 0 Å². The fraction of sp³-hybridized carbons (Fsp3) is 0.0588. The van der Waals surface area contributed by atoms with Gasteiger partial charge in [0.15, 0.2) is 5.76 Å². The van der Waals surface area contributed by atoms with Gasteiger partial charge in [-0.05, 0) is 30.3 Å². The highest BCUT2D eigenvalue weighted by Gasteiger charge is 2.16. The molecule has 1 aromatic carbocycles. The maximum Gasteiger partial charge on any atom is 0.213 e. The SMILES string of the molecule is Cn1cc(-c2nn3cc(-c4ccco4)nc3s2)c2cc(F)ccc21. The Balaban J connectivity index is 1.67. The highest BCUT2D eigenvalue weighted by atomic mass is 32.1. The van der Waals surface area contributed by atoms with Crippen molar-refractivity contribution in [3.8, 4) is 22.0 Å². The molecule has 5 rings (SSSR count). The Labute approximate surface area is 139 Å². The number of nitrogens with zero attached hydrogens (tertiary/aromatic N) is 4. The maximum absolute atomic E-state index is 13.6. The number of rotatable bonds is 2. The van der Waals surface area contributed by atoms with Gasteiger partial charge in [0.1, 0.15) is 16.5 Å². The van der Waals surface area contributed by atoms with Crippen molar-refractivity contribution in [2.24, 2.45) is 7.05 Å². The number of aromatic nitrogens is 4. The zero-order chi connectivity index (χ0) is 16.3. The molecule has 0 atom stereocenters. The summed E-state index contributed by atoms with van der Waals surface area (Å²) in [5, 5.41) is 6.26. The van der Waals surface area contributed by atoms with Gasteiger partial charge in [0, 0.05) is 29.7 Å². The minimum absolute atomic E-state index is 0.253. The van der Waals surface area contributed by atoms with Crippen LogP contribution in [0.2, 0.25) is 0 Å². The fourth-order valence-electron chi connectivity index (χ4n) is 2.89. The zero-order valence-corrected chi connectivity index (χ0v) is 13.4. The lowest BCUT2D eigenvalue weighted by atomic mass is 10.2. The summed E-state index contributed by atoms with van der Waals surface area (Å²) in [5.74, 6) is 0.456. The van der Waals surface area contributed by atoms with Crippen LogP contribution in [0, 0.1) is 5.82 Å². The second-order valence-corrected chi connectivity index (χ2v) is 6.51. The monoisotopic (exact) mass is 338 g/mol. The first kappa shape index (κ1) is 13.5. The van der Waals surface area contributed by atoms with Gasteiger partial charge in [0.25, 0.3) is 0 Å². The molecule has 4 heterocycles. The Kier molecular flexibility index (Phi) is 2.69. The lowest BCUT2D eigenvalue weighted by Gasteiger charge is -1.95. The fourth-order valence-corrected chi connectivity index (χ4v) is 3.79. The molecule has 0 aliphatic heterocycles. The van der Waals surface area contributed by atoms with Crippen LogP contribution in [0.15, 0.2) is 53.4 Å². The molecule has 5 aromatic rings. The van der Waals surface area contributed by atoms with E-state index in [4.69, 9.17) is 4.42 Å². The van der Waals surface area contributed by atoms with Gasteiger partial charge in [0.05, 0.1) is 12.5 Å². The summed E-state index contributed by atoms with van der Waals surface area (Å²) in [5.41, 5.74) is 2.62. The second kappa shape index (κ2) is 4.78. The van der Waals surface area contributed by atoms with Crippen molar-refractivity contribution < 1.29 is 8.81 Å². The molecule has 0 spiro atoms. The van der Waals surface area contributed by atoms with Crippen molar-refractivity contribution >= 4 is 27.2 Å². The molecule has 7 heteroatoms. The normalized spacial score (nSPS) is 11.8. The van der Waals surface area contributed by atoms with E-state index in [0.29, 0.717) is 5.76 Å². The third-order valence-corrected chi connectivity index (χ3v) is 4.95. The molecule has 0 saturated heterocycles. The average Bonchev–Trinajstić information content (AvgIpc) is 3.28. The molecule has 118 valence electrons. The zero-order valence-electron chi connectivity index (χ0n) is 12.6. The summed E-state index contributed by atoms with van der Waals surface area (Å²) >= 11 is 1.47. The van der Waals surface area contributed by atoms with Gasteiger partial charge in [0.2, 0.25) is 4.96 Å². The lowest BCUT2D eigenvalue weighted by Crippen LogP contribution is -1.83. The Bertz CT molecular complexity index is 1150. The number of imidazole rings is 1. The lowest BCUT2D eigenvalue weighted by molar-refractivity contribution is 0.580. The van der Waals surface area contributed by atoms with E-state index in [1.54, 1.807) is 22.9 Å². The Morgan fingerprint density at radius 2 is 2.12 bits per heavy atom. The van der Waals surface area contributed by atoms with Crippen LogP contribution in [0.5, 0.6) is 0 Å². The van der Waals surface area contributed by atoms with Crippen molar-refractivity contribution in [2.45, 2.75) is 0 Å². The number of halogens is 1. The van der Waals surface area contributed by atoms with E-state index in [1.807, 2.05) is 36.1 Å². The Hall–Kier alpha value is -2.93. The molecule has 0 radical (unpaired) electrons. The van der Waals surface area contributed by atoms with E-state index in [2.05, 4.69) is 10.1 Å². The molecule has 5 nitrogen and oxygen atoms in total. The van der Waals surface area contributed by atoms with E-state index >= 15 is 0 Å². The van der Waals surface area contributed by atoms with Crippen molar-refractivity contribution in [3.63, 3.8) is 0 Å². The maximum atomic E-state index is 13.6. The molecule has 0 aliphatic rings. The van der Waals surface area contributed by atoms with Gasteiger partial charge in [-0.1, -0.05) is 11.3 Å². The molecule has 4 aromatic heterocycles. The van der Waals surface area contributed by atoms with Crippen LogP contribution in [-0.2, 0) is 7.05 Å². The van der Waals surface area contributed by atoms with Crippen molar-refractivity contribution in [3.05, 3.63) is 54.8 Å². The summed E-state index contributed by atoms with van der Waals surface area (Å²) in [7, 11) is 1.94. The number of furan rings is 1. The van der Waals surface area contributed by atoms with Crippen LogP contribution in [0.1, 0.15) is 0 Å². The third kappa shape index (κ3) is 1.91. The molecule has 0 fully saturated rings. The number of hydrogen-bond donors (Lipinski definition) is 0. The smallest absolute Gasteiger partial charge is 0.213 e. The second-order valence-electron chi connectivity index (χ2n) is 5.55. The average molecular weight is 338 g/mol. The predicted molar refractivity (Wildman–Crippen MR) is 90.4 cm³/mol. The number of fused-ring (bicyclic) bond motifs is 2. The summed E-state index contributed by atoms with van der Waals surface area (Å²) in [6, 6.07) is 8.48. The molecule has 0 saturated carbocycles. The van der Waals surface area contributed by atoms with E-state index in [0.717, 1.165) is 32.1 Å². The van der Waals surface area contributed by atoms with Crippen LogP contribution < -0.4 is 0 Å². The summed E-state index contributed by atoms with van der Waals surface area (Å²) in [6.45, 7) is 0. The standard InChI is InChI=1S/C17H11FN4OS/c1-21-8-12(11-7-10(18)4-5-14(11)21)16-20-22-9-13(19-17(22)24-16)15-3-2-6-23-15/h2-9H,1H3. The molecule has 0 N–H and O–H groups in total. The molecule has 0 bridgehead atoms. The summed E-state index contributed by atoms with van der Waals surface area (Å²) < 4.78 is 22.7. The summed E-state index contributed by atoms with van der Waals surface area (Å²) in [4.78, 5) is 5.32. The van der Waals surface area contributed by atoms with E-state index in [-0.39, 0.29) is 5.82 Å². The van der Waals surface area contributed by atoms with Crippen molar-refractivity contribution in [1.29, 1.82) is 0 Å². The quantitative estimate of drug-likeness (QED) is 0.481. The van der Waals surface area contributed by atoms with E-state index < -0.39 is 0 Å². The minimum atomic E-state index is -0.253. The summed E-state index contributed by atoms with van der Waals surface area (Å²) in [6.07, 6.45) is 5.42. The van der Waals surface area contributed by atoms with Crippen LogP contribution in [0.3, 0.4) is 0 Å². The highest BCUT2D eigenvalue weighted by Crippen LogP contribution is 2.34. The predicted octanol–water partition coefficient (Wildman–Crippen LogP) is 4.35. The molecule has 0 amide bonds. The Morgan fingerprint density at radius 3 is 2.92 bits per heavy atom. The first-order valence-electron chi connectivity index (χ1n) is 7.34. The number of benzene rings is 1. The first-order chi connectivity index (χ1) is 11.7. The molecular weight excluding hydrogens is 327 g/mol. The minimum Gasteiger partial charge on any atom is -0.463 e. The van der Waals surface area contributed by atoms with Gasteiger partial charge in [-0.25, -0.2) is 13.9 Å². The molecular formula is C17H11FN4OS. The van der Waals surface area contributed by atoms with Gasteiger partial charge < -0.3 is 8.98 Å².